The summed E-state index contributed by atoms with van der Waals surface area (Å²) in [6, 6.07) is 14.9. The van der Waals surface area contributed by atoms with Gasteiger partial charge in [0.15, 0.2) is 5.13 Å². The van der Waals surface area contributed by atoms with Crippen LogP contribution < -0.4 is 10.1 Å². The number of methoxy groups -OCH3 is 1. The fourth-order valence-corrected chi connectivity index (χ4v) is 3.33. The third kappa shape index (κ3) is 3.66. The van der Waals surface area contributed by atoms with Crippen molar-refractivity contribution in [1.82, 2.24) is 4.98 Å². The number of halogens is 1. The predicted octanol–water partition coefficient (Wildman–Crippen LogP) is 5.14. The zero-order chi connectivity index (χ0) is 17.1. The maximum absolute atomic E-state index is 12.3. The third-order valence-electron chi connectivity index (χ3n) is 3.49. The van der Waals surface area contributed by atoms with Crippen LogP contribution in [0, 0.1) is 6.92 Å². The Labute approximate surface area is 152 Å². The van der Waals surface area contributed by atoms with Gasteiger partial charge in [-0.15, -0.1) is 11.3 Å². The minimum Gasteiger partial charge on any atom is -0.497 e. The molecular formula is C18H15BrN2O2S. The maximum Gasteiger partial charge on any atom is 0.257 e. The number of nitrogens with zero attached hydrogens (tertiary/aromatic N) is 1. The van der Waals surface area contributed by atoms with E-state index in [0.717, 1.165) is 26.4 Å². The van der Waals surface area contributed by atoms with E-state index in [-0.39, 0.29) is 5.91 Å². The van der Waals surface area contributed by atoms with Crippen LogP contribution in [0.5, 0.6) is 5.75 Å². The quantitative estimate of drug-likeness (QED) is 0.656. The van der Waals surface area contributed by atoms with E-state index in [1.54, 1.807) is 19.2 Å². The molecule has 0 spiro atoms. The number of carbonyl (C=O) groups excluding carboxylic acids is 1. The van der Waals surface area contributed by atoms with Crippen LogP contribution >= 0.6 is 27.3 Å². The average molecular weight is 403 g/mol. The van der Waals surface area contributed by atoms with Crippen molar-refractivity contribution < 1.29 is 9.53 Å². The van der Waals surface area contributed by atoms with Gasteiger partial charge in [-0.1, -0.05) is 15.9 Å². The zero-order valence-corrected chi connectivity index (χ0v) is 15.6. The molecular weight excluding hydrogens is 388 g/mol. The van der Waals surface area contributed by atoms with Crippen LogP contribution in [0.3, 0.4) is 0 Å². The summed E-state index contributed by atoms with van der Waals surface area (Å²) in [6.45, 7) is 1.99. The smallest absolute Gasteiger partial charge is 0.257 e. The zero-order valence-electron chi connectivity index (χ0n) is 13.2. The van der Waals surface area contributed by atoms with E-state index in [1.165, 1.54) is 11.3 Å². The van der Waals surface area contributed by atoms with Gasteiger partial charge < -0.3 is 4.74 Å². The minimum absolute atomic E-state index is 0.169. The van der Waals surface area contributed by atoms with E-state index in [9.17, 15) is 4.79 Å². The number of thiazole rings is 1. The number of ether oxygens (including phenoxy) is 1. The average Bonchev–Trinajstić information content (AvgIpc) is 2.95. The van der Waals surface area contributed by atoms with Crippen molar-refractivity contribution in [2.45, 2.75) is 6.92 Å². The molecule has 1 heterocycles. The van der Waals surface area contributed by atoms with Crippen molar-refractivity contribution in [3.63, 3.8) is 0 Å². The summed E-state index contributed by atoms with van der Waals surface area (Å²) in [5.41, 5.74) is 2.46. The van der Waals surface area contributed by atoms with Gasteiger partial charge in [0.05, 0.1) is 12.8 Å². The van der Waals surface area contributed by atoms with Crippen LogP contribution in [0.1, 0.15) is 15.2 Å². The van der Waals surface area contributed by atoms with E-state index in [1.807, 2.05) is 43.3 Å². The van der Waals surface area contributed by atoms with E-state index >= 15 is 0 Å². The van der Waals surface area contributed by atoms with Crippen LogP contribution in [0.25, 0.3) is 11.3 Å². The van der Waals surface area contributed by atoms with Crippen LogP contribution in [-0.2, 0) is 0 Å². The molecule has 122 valence electrons. The summed E-state index contributed by atoms with van der Waals surface area (Å²) < 4.78 is 6.11. The van der Waals surface area contributed by atoms with E-state index in [0.29, 0.717) is 10.7 Å². The monoisotopic (exact) mass is 402 g/mol. The number of nitrogens with one attached hydrogen (secondary N) is 1. The second-order valence-electron chi connectivity index (χ2n) is 5.11. The van der Waals surface area contributed by atoms with Crippen LogP contribution in [0.2, 0.25) is 0 Å². The van der Waals surface area contributed by atoms with Crippen molar-refractivity contribution >= 4 is 38.3 Å². The topological polar surface area (TPSA) is 51.2 Å². The van der Waals surface area contributed by atoms with E-state index < -0.39 is 0 Å². The first kappa shape index (κ1) is 16.7. The summed E-state index contributed by atoms with van der Waals surface area (Å²) in [6.07, 6.45) is 0. The highest BCUT2D eigenvalue weighted by molar-refractivity contribution is 9.10. The number of carbonyl (C=O) groups is 1. The number of amides is 1. The van der Waals surface area contributed by atoms with Gasteiger partial charge in [0, 0.05) is 20.5 Å². The number of aromatic nitrogens is 1. The lowest BCUT2D eigenvalue weighted by Crippen LogP contribution is -2.11. The largest absolute Gasteiger partial charge is 0.497 e. The van der Waals surface area contributed by atoms with Crippen LogP contribution in [0.4, 0.5) is 5.13 Å². The molecule has 0 aliphatic rings. The van der Waals surface area contributed by atoms with Gasteiger partial charge in [0.1, 0.15) is 5.75 Å². The van der Waals surface area contributed by atoms with Gasteiger partial charge in [-0.25, -0.2) is 4.98 Å². The molecule has 3 rings (SSSR count). The third-order valence-corrected chi connectivity index (χ3v) is 4.90. The highest BCUT2D eigenvalue weighted by atomic mass is 79.9. The Morgan fingerprint density at radius 3 is 2.42 bits per heavy atom. The lowest BCUT2D eigenvalue weighted by Gasteiger charge is -2.02. The number of hydrogen-bond acceptors (Lipinski definition) is 4. The fraction of sp³-hybridized carbons (Fsp3) is 0.111. The van der Waals surface area contributed by atoms with Crippen molar-refractivity contribution in [3.05, 3.63) is 63.4 Å². The Kier molecular flexibility index (Phi) is 4.97. The number of rotatable bonds is 4. The first-order valence-electron chi connectivity index (χ1n) is 7.25. The van der Waals surface area contributed by atoms with Crippen LogP contribution in [0.15, 0.2) is 53.0 Å². The van der Waals surface area contributed by atoms with E-state index in [4.69, 9.17) is 4.74 Å². The van der Waals surface area contributed by atoms with Gasteiger partial charge in [0.25, 0.3) is 5.91 Å². The SMILES string of the molecule is COc1ccc(-c2nc(NC(=O)c3ccc(Br)cc3)sc2C)cc1. The highest BCUT2D eigenvalue weighted by Gasteiger charge is 2.13. The van der Waals surface area contributed by atoms with Gasteiger partial charge >= 0.3 is 0 Å². The Hall–Kier alpha value is -2.18. The molecule has 1 amide bonds. The number of anilines is 1. The Bertz CT molecular complexity index is 858. The molecule has 6 heteroatoms. The number of hydrogen-bond donors (Lipinski definition) is 1. The lowest BCUT2D eigenvalue weighted by atomic mass is 10.1. The van der Waals surface area contributed by atoms with Crippen LogP contribution in [-0.4, -0.2) is 18.0 Å². The van der Waals surface area contributed by atoms with Crippen molar-refractivity contribution in [2.75, 3.05) is 12.4 Å². The molecule has 0 atom stereocenters. The highest BCUT2D eigenvalue weighted by Crippen LogP contribution is 2.31. The van der Waals surface area contributed by atoms with Gasteiger partial charge in [-0.3, -0.25) is 10.1 Å². The Balaban J connectivity index is 1.80. The minimum atomic E-state index is -0.169. The second kappa shape index (κ2) is 7.15. The molecule has 0 aliphatic heterocycles. The molecule has 0 radical (unpaired) electrons. The Morgan fingerprint density at radius 2 is 1.79 bits per heavy atom. The summed E-state index contributed by atoms with van der Waals surface area (Å²) in [5.74, 6) is 0.632. The fourth-order valence-electron chi connectivity index (χ4n) is 2.24. The molecule has 1 aromatic heterocycles. The molecule has 0 aliphatic carbocycles. The molecule has 0 fully saturated rings. The summed E-state index contributed by atoms with van der Waals surface area (Å²) in [7, 11) is 1.64. The van der Waals surface area contributed by atoms with Gasteiger partial charge in [0.2, 0.25) is 0 Å². The van der Waals surface area contributed by atoms with Crippen molar-refractivity contribution in [3.8, 4) is 17.0 Å². The molecule has 3 aromatic rings. The molecule has 0 saturated heterocycles. The number of benzene rings is 2. The first-order valence-corrected chi connectivity index (χ1v) is 8.86. The maximum atomic E-state index is 12.3. The van der Waals surface area contributed by atoms with E-state index in [2.05, 4.69) is 26.2 Å². The molecule has 4 nitrogen and oxygen atoms in total. The first-order chi connectivity index (χ1) is 11.6. The Morgan fingerprint density at radius 1 is 1.12 bits per heavy atom. The van der Waals surface area contributed by atoms with Crippen molar-refractivity contribution in [1.29, 1.82) is 0 Å². The lowest BCUT2D eigenvalue weighted by molar-refractivity contribution is 0.102. The van der Waals surface area contributed by atoms with Gasteiger partial charge in [-0.05, 0) is 55.5 Å². The normalized spacial score (nSPS) is 10.5. The van der Waals surface area contributed by atoms with Gasteiger partial charge in [-0.2, -0.15) is 0 Å². The molecule has 24 heavy (non-hydrogen) atoms. The molecule has 0 unspecified atom stereocenters. The molecule has 0 bridgehead atoms. The standard InChI is InChI=1S/C18H15BrN2O2S/c1-11-16(12-5-9-15(23-2)10-6-12)20-18(24-11)21-17(22)13-3-7-14(19)8-4-13/h3-10H,1-2H3,(H,20,21,22). The summed E-state index contributed by atoms with van der Waals surface area (Å²) in [5, 5.41) is 3.45. The molecule has 1 N–H and O–H groups in total. The second-order valence-corrected chi connectivity index (χ2v) is 7.23. The predicted molar refractivity (Wildman–Crippen MR) is 101 cm³/mol. The van der Waals surface area contributed by atoms with Crippen molar-refractivity contribution in [2.24, 2.45) is 0 Å². The summed E-state index contributed by atoms with van der Waals surface area (Å²) >= 11 is 4.82. The molecule has 0 saturated carbocycles. The summed E-state index contributed by atoms with van der Waals surface area (Å²) in [4.78, 5) is 17.9. The number of aryl methyl sites for hydroxylation is 1. The molecule has 2 aromatic carbocycles.